The molecule has 0 aliphatic rings. The summed E-state index contributed by atoms with van der Waals surface area (Å²) in [5.41, 5.74) is 7.48. The summed E-state index contributed by atoms with van der Waals surface area (Å²) < 4.78 is 6.37. The minimum atomic E-state index is 0.738. The summed E-state index contributed by atoms with van der Waals surface area (Å²) in [5, 5.41) is 6.91. The summed E-state index contributed by atoms with van der Waals surface area (Å²) >= 11 is 0. The molecule has 182 valence electrons. The topological polar surface area (TPSA) is 38.9 Å². The van der Waals surface area contributed by atoms with Crippen LogP contribution in [0.1, 0.15) is 0 Å². The Morgan fingerprint density at radius 2 is 1.00 bits per heavy atom. The summed E-state index contributed by atoms with van der Waals surface area (Å²) in [7, 11) is 0. The average Bonchev–Trinajstić information content (AvgIpc) is 3.39. The lowest BCUT2D eigenvalue weighted by Crippen LogP contribution is -1.94. The van der Waals surface area contributed by atoms with Crippen molar-refractivity contribution in [1.29, 1.82) is 0 Å². The van der Waals surface area contributed by atoms with E-state index in [1.165, 1.54) is 16.3 Å². The maximum absolute atomic E-state index is 6.37. The van der Waals surface area contributed by atoms with Gasteiger partial charge in [-0.25, -0.2) is 9.97 Å². The zero-order valence-electron chi connectivity index (χ0n) is 21.0. The van der Waals surface area contributed by atoms with Crippen LogP contribution < -0.4 is 0 Å². The molecule has 0 spiro atoms. The van der Waals surface area contributed by atoms with Crippen molar-refractivity contribution in [2.24, 2.45) is 0 Å². The fraction of sp³-hybridized carbons (Fsp3) is 0. The van der Waals surface area contributed by atoms with Crippen LogP contribution in [0, 0.1) is 0 Å². The molecule has 2 heterocycles. The minimum absolute atomic E-state index is 0.738. The van der Waals surface area contributed by atoms with E-state index in [4.69, 9.17) is 4.42 Å². The summed E-state index contributed by atoms with van der Waals surface area (Å²) in [6.45, 7) is 0. The minimum Gasteiger partial charge on any atom is -0.455 e. The van der Waals surface area contributed by atoms with Gasteiger partial charge in [0, 0.05) is 34.3 Å². The van der Waals surface area contributed by atoms with Crippen molar-refractivity contribution in [3.63, 3.8) is 0 Å². The Balaban J connectivity index is 1.42. The lowest BCUT2D eigenvalue weighted by molar-refractivity contribution is 0.670. The molecule has 0 amide bonds. The summed E-state index contributed by atoms with van der Waals surface area (Å²) in [6.07, 6.45) is 3.61. The van der Waals surface area contributed by atoms with Gasteiger partial charge >= 0.3 is 0 Å². The highest BCUT2D eigenvalue weighted by molar-refractivity contribution is 6.21. The lowest BCUT2D eigenvalue weighted by Gasteiger charge is -2.17. The Morgan fingerprint density at radius 1 is 0.436 bits per heavy atom. The van der Waals surface area contributed by atoms with Gasteiger partial charge in [-0.1, -0.05) is 103 Å². The molecule has 39 heavy (non-hydrogen) atoms. The third-order valence-corrected chi connectivity index (χ3v) is 7.59. The van der Waals surface area contributed by atoms with E-state index in [1.54, 1.807) is 0 Å². The van der Waals surface area contributed by atoms with Gasteiger partial charge in [0.2, 0.25) is 0 Å². The largest absolute Gasteiger partial charge is 0.455 e. The quantitative estimate of drug-likeness (QED) is 0.228. The first-order chi connectivity index (χ1) is 19.4. The molecule has 3 nitrogen and oxygen atoms in total. The predicted molar refractivity (Wildman–Crippen MR) is 161 cm³/mol. The maximum atomic E-state index is 6.37. The first kappa shape index (κ1) is 21.8. The Kier molecular flexibility index (Phi) is 4.82. The average molecular weight is 499 g/mol. The van der Waals surface area contributed by atoms with Crippen LogP contribution in [0.5, 0.6) is 0 Å². The van der Waals surface area contributed by atoms with Crippen molar-refractivity contribution in [3.8, 4) is 33.6 Å². The van der Waals surface area contributed by atoms with Crippen molar-refractivity contribution >= 4 is 43.5 Å². The Labute approximate surface area is 225 Å². The molecule has 0 N–H and O–H groups in total. The first-order valence-corrected chi connectivity index (χ1v) is 13.1. The highest BCUT2D eigenvalue weighted by Gasteiger charge is 2.18. The van der Waals surface area contributed by atoms with Gasteiger partial charge in [0.25, 0.3) is 0 Å². The molecule has 2 aromatic heterocycles. The van der Waals surface area contributed by atoms with E-state index in [0.717, 1.165) is 60.8 Å². The van der Waals surface area contributed by atoms with Gasteiger partial charge in [-0.15, -0.1) is 0 Å². The van der Waals surface area contributed by atoms with Crippen LogP contribution in [-0.4, -0.2) is 9.97 Å². The summed E-state index contributed by atoms with van der Waals surface area (Å²) in [5.74, 6) is 0.738. The zero-order chi connectivity index (χ0) is 25.8. The Morgan fingerprint density at radius 3 is 1.72 bits per heavy atom. The number of benzene rings is 6. The van der Waals surface area contributed by atoms with Gasteiger partial charge in [0.05, 0.1) is 0 Å². The van der Waals surface area contributed by atoms with Gasteiger partial charge in [-0.05, 0) is 56.4 Å². The molecule has 0 saturated carbocycles. The van der Waals surface area contributed by atoms with Crippen LogP contribution in [-0.2, 0) is 0 Å². The monoisotopic (exact) mass is 498 g/mol. The molecule has 0 aliphatic heterocycles. The molecule has 8 rings (SSSR count). The predicted octanol–water partition coefficient (Wildman–Crippen LogP) is 9.68. The smallest absolute Gasteiger partial charge is 0.160 e. The molecule has 0 fully saturated rings. The molecule has 3 heteroatoms. The second-order valence-corrected chi connectivity index (χ2v) is 9.77. The van der Waals surface area contributed by atoms with Gasteiger partial charge in [-0.3, -0.25) is 0 Å². The van der Waals surface area contributed by atoms with Gasteiger partial charge < -0.3 is 4.42 Å². The fourth-order valence-corrected chi connectivity index (χ4v) is 5.93. The molecule has 0 unspecified atom stereocenters. The van der Waals surface area contributed by atoms with E-state index in [0.29, 0.717) is 0 Å². The van der Waals surface area contributed by atoms with Crippen LogP contribution in [0.4, 0.5) is 0 Å². The van der Waals surface area contributed by atoms with E-state index in [1.807, 2.05) is 30.6 Å². The summed E-state index contributed by atoms with van der Waals surface area (Å²) in [4.78, 5) is 9.26. The first-order valence-electron chi connectivity index (χ1n) is 13.1. The number of hydrogen-bond donors (Lipinski definition) is 0. The SMILES string of the molecule is c1cnc(-c2c3ccccc3c(-c3cccc(-c4cccc5c4oc4ccccc45)c3)c3ccccc23)nc1. The number of hydrogen-bond acceptors (Lipinski definition) is 3. The van der Waals surface area contributed by atoms with E-state index in [9.17, 15) is 0 Å². The zero-order valence-corrected chi connectivity index (χ0v) is 21.0. The molecule has 0 aliphatic carbocycles. The van der Waals surface area contributed by atoms with Crippen molar-refractivity contribution in [3.05, 3.63) is 134 Å². The van der Waals surface area contributed by atoms with Crippen LogP contribution in [0.25, 0.3) is 77.1 Å². The third-order valence-electron chi connectivity index (χ3n) is 7.59. The van der Waals surface area contributed by atoms with E-state index < -0.39 is 0 Å². The molecule has 8 aromatic rings. The second kappa shape index (κ2) is 8.64. The van der Waals surface area contributed by atoms with Crippen molar-refractivity contribution < 1.29 is 4.42 Å². The van der Waals surface area contributed by atoms with Crippen molar-refractivity contribution in [2.75, 3.05) is 0 Å². The number of aromatic nitrogens is 2. The Bertz CT molecular complexity index is 2120. The summed E-state index contributed by atoms with van der Waals surface area (Å²) in [6, 6.07) is 42.5. The second-order valence-electron chi connectivity index (χ2n) is 9.77. The van der Waals surface area contributed by atoms with Crippen LogP contribution in [0.15, 0.2) is 138 Å². The third kappa shape index (κ3) is 3.37. The molecule has 0 radical (unpaired) electrons. The van der Waals surface area contributed by atoms with E-state index in [2.05, 4.69) is 113 Å². The molecule has 0 bridgehead atoms. The number of rotatable bonds is 3. The number of furan rings is 1. The highest BCUT2D eigenvalue weighted by Crippen LogP contribution is 2.44. The van der Waals surface area contributed by atoms with Crippen LogP contribution in [0.2, 0.25) is 0 Å². The molecular formula is C36H22N2O. The number of fused-ring (bicyclic) bond motifs is 5. The standard InChI is InChI=1S/C36H22N2O/c1-3-15-29-27(13-1)33(28-14-2-4-16-30(28)34(29)36-37-20-9-21-38-36)24-11-7-10-23(22-24)25-17-8-18-31-26-12-5-6-19-32(26)39-35(25)31/h1-22H. The Hall–Kier alpha value is -5.28. The van der Waals surface area contributed by atoms with E-state index >= 15 is 0 Å². The number of para-hydroxylation sites is 2. The van der Waals surface area contributed by atoms with Crippen molar-refractivity contribution in [2.45, 2.75) is 0 Å². The van der Waals surface area contributed by atoms with Gasteiger partial charge in [0.15, 0.2) is 5.82 Å². The van der Waals surface area contributed by atoms with Gasteiger partial charge in [-0.2, -0.15) is 0 Å². The van der Waals surface area contributed by atoms with Crippen molar-refractivity contribution in [1.82, 2.24) is 9.97 Å². The lowest BCUT2D eigenvalue weighted by atomic mass is 9.87. The maximum Gasteiger partial charge on any atom is 0.160 e. The van der Waals surface area contributed by atoms with Crippen LogP contribution in [0.3, 0.4) is 0 Å². The molecule has 0 atom stereocenters. The normalized spacial score (nSPS) is 11.6. The van der Waals surface area contributed by atoms with Gasteiger partial charge in [0.1, 0.15) is 11.2 Å². The molecule has 0 saturated heterocycles. The van der Waals surface area contributed by atoms with E-state index in [-0.39, 0.29) is 0 Å². The fourth-order valence-electron chi connectivity index (χ4n) is 5.93. The molecular weight excluding hydrogens is 476 g/mol. The molecule has 6 aromatic carbocycles. The van der Waals surface area contributed by atoms with Crippen LogP contribution >= 0.6 is 0 Å². The number of nitrogens with zero attached hydrogens (tertiary/aromatic N) is 2. The highest BCUT2D eigenvalue weighted by atomic mass is 16.3.